The van der Waals surface area contributed by atoms with E-state index in [-0.39, 0.29) is 30.3 Å². The molecule has 0 aliphatic carbocycles. The fraction of sp³-hybridized carbons (Fsp3) is 0.333. The van der Waals surface area contributed by atoms with Crippen LogP contribution in [0.25, 0.3) is 0 Å². The highest BCUT2D eigenvalue weighted by Gasteiger charge is 2.19. The molecule has 0 bridgehead atoms. The first-order chi connectivity index (χ1) is 11.8. The van der Waals surface area contributed by atoms with Crippen LogP contribution in [0, 0.1) is 17.0 Å². The molecule has 2 rings (SSSR count). The molecule has 1 heterocycles. The Labute approximate surface area is 147 Å². The number of aryl methyl sites for hydroxylation is 1. The van der Waals surface area contributed by atoms with Crippen molar-refractivity contribution >= 4 is 23.4 Å². The number of halogens is 1. The topological polar surface area (TPSA) is 117 Å². The van der Waals surface area contributed by atoms with Gasteiger partial charge in [-0.3, -0.25) is 0 Å². The van der Waals surface area contributed by atoms with Gasteiger partial charge in [0.2, 0.25) is 5.82 Å². The number of hydrogen-bond donors (Lipinski definition) is 1. The summed E-state index contributed by atoms with van der Waals surface area (Å²) in [4.78, 5) is 25.6. The molecule has 1 N–H and O–H groups in total. The Hall–Kier alpha value is -2.65. The lowest BCUT2D eigenvalue weighted by molar-refractivity contribution is -0.389. The van der Waals surface area contributed by atoms with E-state index in [9.17, 15) is 20.0 Å². The summed E-state index contributed by atoms with van der Waals surface area (Å²) in [5.74, 6) is -0.328. The minimum absolute atomic E-state index is 0.0425. The second kappa shape index (κ2) is 7.95. The molecule has 1 aromatic carbocycles. The molecule has 1 aromatic heterocycles. The van der Waals surface area contributed by atoms with Crippen LogP contribution in [-0.2, 0) is 11.3 Å². The normalized spacial score (nSPS) is 11.8. The molecule has 0 saturated carbocycles. The maximum absolute atomic E-state index is 11.7. The smallest absolute Gasteiger partial charge is 0.381 e. The summed E-state index contributed by atoms with van der Waals surface area (Å²) in [7, 11) is 1.24. The number of aliphatic hydroxyl groups excluding tert-OH is 1. The highest BCUT2D eigenvalue weighted by molar-refractivity contribution is 6.30. The van der Waals surface area contributed by atoms with Crippen LogP contribution < -0.4 is 4.74 Å². The molecule has 134 valence electrons. The zero-order valence-corrected chi connectivity index (χ0v) is 14.3. The highest BCUT2D eigenvalue weighted by Crippen LogP contribution is 2.24. The van der Waals surface area contributed by atoms with Gasteiger partial charge in [-0.1, -0.05) is 11.6 Å². The second-order valence-corrected chi connectivity index (χ2v) is 5.59. The minimum atomic E-state index is -0.989. The van der Waals surface area contributed by atoms with Crippen molar-refractivity contribution in [2.24, 2.45) is 0 Å². The average molecular weight is 370 g/mol. The molecular formula is C15H16ClN3O6. The van der Waals surface area contributed by atoms with Gasteiger partial charge in [-0.15, -0.1) is 0 Å². The van der Waals surface area contributed by atoms with Gasteiger partial charge in [0, 0.05) is 11.9 Å². The SMILES string of the molecule is COC(=O)c1ccc(Cl)cc1OCC(O)Cn1cc([N+](=O)[O-])nc1C. The molecule has 1 unspecified atom stereocenters. The summed E-state index contributed by atoms with van der Waals surface area (Å²) in [5, 5.41) is 21.2. The summed E-state index contributed by atoms with van der Waals surface area (Å²) in [6.07, 6.45) is 0.245. The van der Waals surface area contributed by atoms with E-state index in [1.165, 1.54) is 36.1 Å². The van der Waals surface area contributed by atoms with Crippen LogP contribution in [0.2, 0.25) is 5.02 Å². The molecule has 1 atom stereocenters. The number of benzene rings is 1. The summed E-state index contributed by atoms with van der Waals surface area (Å²) in [6.45, 7) is 1.48. The summed E-state index contributed by atoms with van der Waals surface area (Å²) < 4.78 is 11.6. The third kappa shape index (κ3) is 4.68. The van der Waals surface area contributed by atoms with Crippen molar-refractivity contribution in [1.82, 2.24) is 9.55 Å². The van der Waals surface area contributed by atoms with Crippen molar-refractivity contribution < 1.29 is 24.3 Å². The van der Waals surface area contributed by atoms with Crippen LogP contribution >= 0.6 is 11.6 Å². The van der Waals surface area contributed by atoms with Gasteiger partial charge in [0.1, 0.15) is 30.2 Å². The first-order valence-electron chi connectivity index (χ1n) is 7.18. The maximum atomic E-state index is 11.7. The van der Waals surface area contributed by atoms with Crippen molar-refractivity contribution in [3.05, 3.63) is 50.9 Å². The van der Waals surface area contributed by atoms with Crippen molar-refractivity contribution in [3.8, 4) is 5.75 Å². The number of imidazole rings is 1. The lowest BCUT2D eigenvalue weighted by atomic mass is 10.2. The van der Waals surface area contributed by atoms with Crippen LogP contribution in [0.1, 0.15) is 16.2 Å². The third-order valence-corrected chi connectivity index (χ3v) is 3.57. The Morgan fingerprint density at radius 2 is 2.24 bits per heavy atom. The van der Waals surface area contributed by atoms with Gasteiger partial charge >= 0.3 is 11.8 Å². The number of aromatic nitrogens is 2. The molecule has 2 aromatic rings. The summed E-state index contributed by atoms with van der Waals surface area (Å²) in [5.41, 5.74) is 0.175. The van der Waals surface area contributed by atoms with Crippen LogP contribution in [0.4, 0.5) is 5.82 Å². The zero-order valence-electron chi connectivity index (χ0n) is 13.5. The number of rotatable bonds is 7. The molecule has 0 aliphatic heterocycles. The third-order valence-electron chi connectivity index (χ3n) is 3.34. The van der Waals surface area contributed by atoms with E-state index >= 15 is 0 Å². The molecule has 0 amide bonds. The largest absolute Gasteiger partial charge is 0.490 e. The Bertz CT molecular complexity index is 792. The summed E-state index contributed by atoms with van der Waals surface area (Å²) >= 11 is 5.89. The van der Waals surface area contributed by atoms with E-state index in [1.807, 2.05) is 0 Å². The van der Waals surface area contributed by atoms with Gasteiger partial charge in [0.25, 0.3) is 0 Å². The first kappa shape index (κ1) is 18.7. The quantitative estimate of drug-likeness (QED) is 0.450. The van der Waals surface area contributed by atoms with Gasteiger partial charge in [-0.25, -0.2) is 4.79 Å². The molecule has 10 heteroatoms. The lowest BCUT2D eigenvalue weighted by Crippen LogP contribution is -2.24. The average Bonchev–Trinajstić information content (AvgIpc) is 2.93. The molecular weight excluding hydrogens is 354 g/mol. The lowest BCUT2D eigenvalue weighted by Gasteiger charge is -2.15. The fourth-order valence-electron chi connectivity index (χ4n) is 2.12. The zero-order chi connectivity index (χ0) is 18.6. The number of carbonyl (C=O) groups is 1. The van der Waals surface area contributed by atoms with Crippen LogP contribution in [0.3, 0.4) is 0 Å². The monoisotopic (exact) mass is 369 g/mol. The first-order valence-corrected chi connectivity index (χ1v) is 7.56. The predicted molar refractivity (Wildman–Crippen MR) is 87.9 cm³/mol. The van der Waals surface area contributed by atoms with Gasteiger partial charge in [-0.2, -0.15) is 0 Å². The maximum Gasteiger partial charge on any atom is 0.381 e. The van der Waals surface area contributed by atoms with Crippen LogP contribution in [0.5, 0.6) is 5.75 Å². The Balaban J connectivity index is 2.05. The minimum Gasteiger partial charge on any atom is -0.490 e. The second-order valence-electron chi connectivity index (χ2n) is 5.15. The van der Waals surface area contributed by atoms with Gasteiger partial charge in [0.15, 0.2) is 0 Å². The molecule has 0 aliphatic rings. The number of hydrogen-bond acceptors (Lipinski definition) is 7. The van der Waals surface area contributed by atoms with Gasteiger partial charge in [-0.05, 0) is 28.1 Å². The summed E-state index contributed by atoms with van der Waals surface area (Å²) in [6, 6.07) is 4.41. The molecule has 0 saturated heterocycles. The Kier molecular flexibility index (Phi) is 5.94. The van der Waals surface area contributed by atoms with Crippen molar-refractivity contribution in [2.45, 2.75) is 19.6 Å². The van der Waals surface area contributed by atoms with E-state index in [2.05, 4.69) is 9.72 Å². The molecule has 0 radical (unpaired) electrons. The van der Waals surface area contributed by atoms with Crippen molar-refractivity contribution in [2.75, 3.05) is 13.7 Å². The van der Waals surface area contributed by atoms with Gasteiger partial charge in [0.05, 0.1) is 13.7 Å². The van der Waals surface area contributed by atoms with Gasteiger partial charge < -0.3 is 29.3 Å². The highest BCUT2D eigenvalue weighted by atomic mass is 35.5. The van der Waals surface area contributed by atoms with Crippen LogP contribution in [-0.4, -0.2) is 45.4 Å². The number of carbonyl (C=O) groups excluding carboxylic acids is 1. The van der Waals surface area contributed by atoms with Crippen molar-refractivity contribution in [3.63, 3.8) is 0 Å². The number of nitro groups is 1. The van der Waals surface area contributed by atoms with E-state index < -0.39 is 17.0 Å². The number of esters is 1. The molecule has 0 fully saturated rings. The van der Waals surface area contributed by atoms with Crippen LogP contribution in [0.15, 0.2) is 24.4 Å². The number of nitrogens with zero attached hydrogens (tertiary/aromatic N) is 3. The van der Waals surface area contributed by atoms with E-state index in [0.717, 1.165) is 0 Å². The number of aliphatic hydroxyl groups is 1. The van der Waals surface area contributed by atoms with E-state index in [0.29, 0.717) is 10.8 Å². The van der Waals surface area contributed by atoms with E-state index in [1.54, 1.807) is 6.92 Å². The predicted octanol–water partition coefficient (Wildman–Crippen LogP) is 1.98. The Morgan fingerprint density at radius 1 is 1.52 bits per heavy atom. The standard InChI is InChI=1S/C15H16ClN3O6/c1-9-17-14(19(22)23)7-18(9)6-11(20)8-25-13-5-10(16)3-4-12(13)15(21)24-2/h3-5,7,11,20H,6,8H2,1-2H3. The van der Waals surface area contributed by atoms with E-state index in [4.69, 9.17) is 16.3 Å². The molecule has 9 nitrogen and oxygen atoms in total. The fourth-order valence-corrected chi connectivity index (χ4v) is 2.29. The Morgan fingerprint density at radius 3 is 2.84 bits per heavy atom. The van der Waals surface area contributed by atoms with Crippen molar-refractivity contribution in [1.29, 1.82) is 0 Å². The molecule has 25 heavy (non-hydrogen) atoms. The number of methoxy groups -OCH3 is 1. The number of ether oxygens (including phenoxy) is 2. The molecule has 0 spiro atoms.